The number of benzene rings is 3. The van der Waals surface area contributed by atoms with Gasteiger partial charge in [-0.3, -0.25) is 4.79 Å². The van der Waals surface area contributed by atoms with Gasteiger partial charge in [-0.15, -0.1) is 11.3 Å². The van der Waals surface area contributed by atoms with E-state index in [9.17, 15) is 9.59 Å². The third-order valence-electron chi connectivity index (χ3n) is 4.98. The zero-order chi connectivity index (χ0) is 25.5. The summed E-state index contributed by atoms with van der Waals surface area (Å²) in [6.07, 6.45) is 3.13. The number of esters is 1. The summed E-state index contributed by atoms with van der Waals surface area (Å²) in [5.74, 6) is 0.775. The Hall–Kier alpha value is -4.14. The SMILES string of the molecule is C=CCOc1ccc(C(=O)NN=Cc2ccc(OC(=O)c3sc4cc(OC)ccc4c3Cl)cc2)cc1. The minimum absolute atomic E-state index is 0.313. The van der Waals surface area contributed by atoms with Crippen LogP contribution in [-0.2, 0) is 0 Å². The van der Waals surface area contributed by atoms with Crippen LogP contribution < -0.4 is 19.6 Å². The van der Waals surface area contributed by atoms with Crippen molar-refractivity contribution in [3.8, 4) is 17.2 Å². The van der Waals surface area contributed by atoms with Gasteiger partial charge in [-0.05, 0) is 72.3 Å². The fraction of sp³-hybridized carbons (Fsp3) is 0.0741. The Morgan fingerprint density at radius 1 is 1.03 bits per heavy atom. The summed E-state index contributed by atoms with van der Waals surface area (Å²) >= 11 is 7.64. The number of hydrogen-bond acceptors (Lipinski definition) is 7. The summed E-state index contributed by atoms with van der Waals surface area (Å²) in [5, 5.41) is 5.09. The Balaban J connectivity index is 1.34. The first-order chi connectivity index (χ1) is 17.5. The minimum Gasteiger partial charge on any atom is -0.497 e. The van der Waals surface area contributed by atoms with Gasteiger partial charge in [-0.25, -0.2) is 10.2 Å². The van der Waals surface area contributed by atoms with Crippen molar-refractivity contribution in [2.45, 2.75) is 0 Å². The fourth-order valence-electron chi connectivity index (χ4n) is 3.17. The second kappa shape index (κ2) is 11.5. The lowest BCUT2D eigenvalue weighted by molar-refractivity contribution is 0.0739. The van der Waals surface area contributed by atoms with E-state index in [0.717, 1.165) is 10.1 Å². The molecule has 182 valence electrons. The maximum atomic E-state index is 12.7. The average Bonchev–Trinajstić information content (AvgIpc) is 3.24. The topological polar surface area (TPSA) is 86.2 Å². The summed E-state index contributed by atoms with van der Waals surface area (Å²) in [7, 11) is 1.58. The van der Waals surface area contributed by atoms with Crippen LogP contribution in [0.15, 0.2) is 84.5 Å². The molecule has 7 nitrogen and oxygen atoms in total. The normalized spacial score (nSPS) is 10.8. The lowest BCUT2D eigenvalue weighted by atomic mass is 10.2. The van der Waals surface area contributed by atoms with Gasteiger partial charge in [0, 0.05) is 15.6 Å². The van der Waals surface area contributed by atoms with Crippen LogP contribution >= 0.6 is 22.9 Å². The second-order valence-corrected chi connectivity index (χ2v) is 8.82. The van der Waals surface area contributed by atoms with Crippen LogP contribution in [-0.4, -0.2) is 31.8 Å². The molecule has 0 saturated carbocycles. The third-order valence-corrected chi connectivity index (χ3v) is 6.61. The molecule has 0 aliphatic carbocycles. The number of thiophene rings is 1. The summed E-state index contributed by atoms with van der Waals surface area (Å²) in [6, 6.07) is 18.8. The zero-order valence-corrected chi connectivity index (χ0v) is 20.8. The standard InChI is InChI=1S/C27H21ClN2O5S/c1-3-14-34-19-10-6-18(7-11-19)26(31)30-29-16-17-4-8-20(9-5-17)35-27(32)25-24(28)22-13-12-21(33-2)15-23(22)36-25/h3-13,15-16H,1,14H2,2H3,(H,30,31). The van der Waals surface area contributed by atoms with E-state index < -0.39 is 5.97 Å². The van der Waals surface area contributed by atoms with E-state index in [1.165, 1.54) is 17.6 Å². The zero-order valence-electron chi connectivity index (χ0n) is 19.2. The lowest BCUT2D eigenvalue weighted by Crippen LogP contribution is -2.17. The number of hydrogen-bond donors (Lipinski definition) is 1. The molecule has 0 spiro atoms. The molecule has 9 heteroatoms. The largest absolute Gasteiger partial charge is 0.497 e. The molecule has 4 aromatic rings. The Labute approximate surface area is 216 Å². The summed E-state index contributed by atoms with van der Waals surface area (Å²) in [5.41, 5.74) is 3.62. The van der Waals surface area contributed by atoms with Crippen molar-refractivity contribution in [1.29, 1.82) is 0 Å². The first-order valence-corrected chi connectivity index (χ1v) is 11.9. The van der Waals surface area contributed by atoms with Gasteiger partial charge in [0.2, 0.25) is 0 Å². The van der Waals surface area contributed by atoms with E-state index >= 15 is 0 Å². The van der Waals surface area contributed by atoms with Crippen molar-refractivity contribution in [3.05, 3.63) is 100 Å². The van der Waals surface area contributed by atoms with E-state index in [-0.39, 0.29) is 5.91 Å². The van der Waals surface area contributed by atoms with Gasteiger partial charge in [0.05, 0.1) is 18.3 Å². The maximum absolute atomic E-state index is 12.7. The van der Waals surface area contributed by atoms with Gasteiger partial charge in [-0.2, -0.15) is 5.10 Å². The molecule has 0 bridgehead atoms. The van der Waals surface area contributed by atoms with E-state index in [0.29, 0.717) is 44.9 Å². The third kappa shape index (κ3) is 5.91. The Bertz CT molecular complexity index is 1430. The van der Waals surface area contributed by atoms with Crippen LogP contribution in [0.5, 0.6) is 17.2 Å². The van der Waals surface area contributed by atoms with Crippen LogP contribution in [0.4, 0.5) is 0 Å². The van der Waals surface area contributed by atoms with Crippen LogP contribution in [0.25, 0.3) is 10.1 Å². The van der Waals surface area contributed by atoms with E-state index in [4.69, 9.17) is 25.8 Å². The van der Waals surface area contributed by atoms with E-state index in [2.05, 4.69) is 17.1 Å². The number of rotatable bonds is 9. The number of carbonyl (C=O) groups excluding carboxylic acids is 2. The predicted molar refractivity (Wildman–Crippen MR) is 142 cm³/mol. The van der Waals surface area contributed by atoms with Gasteiger partial charge >= 0.3 is 5.97 Å². The quantitative estimate of drug-likeness (QED) is 0.0945. The fourth-order valence-corrected chi connectivity index (χ4v) is 4.58. The molecule has 0 saturated heterocycles. The van der Waals surface area contributed by atoms with Crippen LogP contribution in [0, 0.1) is 0 Å². The van der Waals surface area contributed by atoms with Gasteiger partial charge < -0.3 is 14.2 Å². The van der Waals surface area contributed by atoms with E-state index in [1.54, 1.807) is 67.8 Å². The lowest BCUT2D eigenvalue weighted by Gasteiger charge is -2.04. The molecule has 0 aliphatic rings. The number of nitrogens with one attached hydrogen (secondary N) is 1. The molecule has 0 aliphatic heterocycles. The highest BCUT2D eigenvalue weighted by atomic mass is 35.5. The number of halogens is 1. The van der Waals surface area contributed by atoms with Crippen molar-refractivity contribution >= 4 is 51.1 Å². The van der Waals surface area contributed by atoms with Gasteiger partial charge in [-0.1, -0.05) is 24.3 Å². The first-order valence-electron chi connectivity index (χ1n) is 10.7. The Morgan fingerprint density at radius 3 is 2.42 bits per heavy atom. The smallest absolute Gasteiger partial charge is 0.355 e. The van der Waals surface area contributed by atoms with Crippen LogP contribution in [0.2, 0.25) is 5.02 Å². The van der Waals surface area contributed by atoms with Crippen molar-refractivity contribution in [3.63, 3.8) is 0 Å². The van der Waals surface area contributed by atoms with Crippen LogP contribution in [0.3, 0.4) is 0 Å². The monoisotopic (exact) mass is 520 g/mol. The molecule has 0 radical (unpaired) electrons. The molecular weight excluding hydrogens is 500 g/mol. The average molecular weight is 521 g/mol. The highest BCUT2D eigenvalue weighted by Gasteiger charge is 2.19. The number of nitrogens with zero attached hydrogens (tertiary/aromatic N) is 1. The van der Waals surface area contributed by atoms with E-state index in [1.807, 2.05) is 12.1 Å². The molecule has 1 aromatic heterocycles. The predicted octanol–water partition coefficient (Wildman–Crippen LogP) is 6.11. The molecule has 0 atom stereocenters. The van der Waals surface area contributed by atoms with Crippen LogP contribution in [0.1, 0.15) is 25.6 Å². The number of amides is 1. The van der Waals surface area contributed by atoms with Gasteiger partial charge in [0.25, 0.3) is 5.91 Å². The maximum Gasteiger partial charge on any atom is 0.355 e. The van der Waals surface area contributed by atoms with Gasteiger partial charge in [0.1, 0.15) is 28.7 Å². The minimum atomic E-state index is -0.547. The van der Waals surface area contributed by atoms with Crippen molar-refractivity contribution < 1.29 is 23.8 Å². The summed E-state index contributed by atoms with van der Waals surface area (Å²) < 4.78 is 16.9. The molecule has 0 fully saturated rings. The molecule has 36 heavy (non-hydrogen) atoms. The number of ether oxygens (including phenoxy) is 3. The van der Waals surface area contributed by atoms with Crippen molar-refractivity contribution in [2.24, 2.45) is 5.10 Å². The number of carbonyl (C=O) groups is 2. The molecular formula is C27H21ClN2O5S. The van der Waals surface area contributed by atoms with Crippen molar-refractivity contribution in [1.82, 2.24) is 5.43 Å². The molecule has 3 aromatic carbocycles. The molecule has 4 rings (SSSR count). The Morgan fingerprint density at radius 2 is 1.72 bits per heavy atom. The highest BCUT2D eigenvalue weighted by molar-refractivity contribution is 7.21. The highest BCUT2D eigenvalue weighted by Crippen LogP contribution is 2.37. The number of hydrazone groups is 1. The second-order valence-electron chi connectivity index (χ2n) is 7.39. The molecule has 1 amide bonds. The molecule has 1 heterocycles. The van der Waals surface area contributed by atoms with Gasteiger partial charge in [0.15, 0.2) is 0 Å². The number of methoxy groups -OCH3 is 1. The Kier molecular flexibility index (Phi) is 7.99. The number of fused-ring (bicyclic) bond motifs is 1. The molecule has 0 unspecified atom stereocenters. The summed E-state index contributed by atoms with van der Waals surface area (Å²) in [4.78, 5) is 25.2. The molecule has 1 N–H and O–H groups in total. The van der Waals surface area contributed by atoms with Crippen molar-refractivity contribution in [2.75, 3.05) is 13.7 Å². The first kappa shape index (κ1) is 25.0. The summed E-state index contributed by atoms with van der Waals surface area (Å²) in [6.45, 7) is 3.98.